The van der Waals surface area contributed by atoms with Crippen LogP contribution in [0.15, 0.2) is 48.8 Å². The summed E-state index contributed by atoms with van der Waals surface area (Å²) in [5.74, 6) is 0.945. The van der Waals surface area contributed by atoms with Gasteiger partial charge in [-0.1, -0.05) is 18.2 Å². The van der Waals surface area contributed by atoms with Crippen molar-refractivity contribution < 1.29 is 4.79 Å². The molecule has 0 aliphatic rings. The van der Waals surface area contributed by atoms with Crippen LogP contribution in [-0.4, -0.2) is 45.7 Å². The number of tetrazole rings is 1. The summed E-state index contributed by atoms with van der Waals surface area (Å²) in [6, 6.07) is 11.6. The highest BCUT2D eigenvalue weighted by Crippen LogP contribution is 2.18. The Morgan fingerprint density at radius 3 is 2.87 bits per heavy atom. The van der Waals surface area contributed by atoms with Gasteiger partial charge in [0.05, 0.1) is 30.0 Å². The average Bonchev–Trinajstić information content (AvgIpc) is 3.37. The minimum atomic E-state index is -0.209. The first-order valence-electron chi connectivity index (χ1n) is 9.58. The Bertz CT molecular complexity index is 1420. The quantitative estimate of drug-likeness (QED) is 0.415. The molecule has 2 N–H and O–H groups in total. The number of aryl methyl sites for hydroxylation is 1. The molecule has 5 aromatic rings. The number of rotatable bonds is 5. The van der Waals surface area contributed by atoms with E-state index in [0.717, 1.165) is 27.9 Å². The van der Waals surface area contributed by atoms with Crippen LogP contribution < -0.4 is 10.9 Å². The Morgan fingerprint density at radius 1 is 1.10 bits per heavy atom. The number of carbonyl (C=O) groups excluding carboxylic acids is 1. The van der Waals surface area contributed by atoms with Crippen LogP contribution in [0.2, 0.25) is 0 Å². The van der Waals surface area contributed by atoms with Gasteiger partial charge in [-0.3, -0.25) is 20.6 Å². The first-order chi connectivity index (χ1) is 15.1. The zero-order valence-electron chi connectivity index (χ0n) is 16.8. The van der Waals surface area contributed by atoms with E-state index in [1.807, 2.05) is 50.2 Å². The number of carbonyl (C=O) groups is 1. The molecule has 0 saturated carbocycles. The molecule has 0 spiro atoms. The van der Waals surface area contributed by atoms with Crippen molar-refractivity contribution in [2.45, 2.75) is 20.3 Å². The predicted molar refractivity (Wildman–Crippen MR) is 112 cm³/mol. The van der Waals surface area contributed by atoms with Crippen LogP contribution in [0.4, 0.5) is 5.82 Å². The fraction of sp³-hybridized carbons (Fsp3) is 0.150. The van der Waals surface area contributed by atoms with E-state index in [2.05, 4.69) is 41.4 Å². The van der Waals surface area contributed by atoms with Gasteiger partial charge >= 0.3 is 0 Å². The standard InChI is InChI=1S/C20H18N10O/c1-12-15(13(2)29(26-12)20-11-21-10-18-24-27-28-30(18)20)9-19(31)25-23-17-8-7-14-5-3-4-6-16(14)22-17/h3-8,10-11H,9H2,1-2H3,(H,22,23)(H,25,31). The van der Waals surface area contributed by atoms with Crippen molar-refractivity contribution in [1.82, 2.24) is 45.2 Å². The van der Waals surface area contributed by atoms with E-state index in [-0.39, 0.29) is 12.3 Å². The van der Waals surface area contributed by atoms with Crippen molar-refractivity contribution in [2.24, 2.45) is 0 Å². The van der Waals surface area contributed by atoms with Crippen LogP contribution in [0.3, 0.4) is 0 Å². The molecule has 11 nitrogen and oxygen atoms in total. The van der Waals surface area contributed by atoms with Gasteiger partial charge in [-0.05, 0) is 42.5 Å². The van der Waals surface area contributed by atoms with Gasteiger partial charge < -0.3 is 0 Å². The van der Waals surface area contributed by atoms with Crippen molar-refractivity contribution in [3.63, 3.8) is 0 Å². The Morgan fingerprint density at radius 2 is 1.97 bits per heavy atom. The summed E-state index contributed by atoms with van der Waals surface area (Å²) in [5.41, 5.74) is 9.30. The minimum Gasteiger partial charge on any atom is -0.282 e. The molecule has 0 aliphatic heterocycles. The molecule has 31 heavy (non-hydrogen) atoms. The summed E-state index contributed by atoms with van der Waals surface area (Å²) in [5, 5.41) is 17.1. The number of benzene rings is 1. The number of aromatic nitrogens is 8. The molecule has 0 bridgehead atoms. The van der Waals surface area contributed by atoms with E-state index >= 15 is 0 Å². The number of anilines is 1. The molecule has 154 valence electrons. The molecule has 0 saturated heterocycles. The average molecular weight is 414 g/mol. The molecule has 0 aliphatic carbocycles. The number of hydrogen-bond donors (Lipinski definition) is 2. The van der Waals surface area contributed by atoms with Gasteiger partial charge in [0, 0.05) is 16.6 Å². The lowest BCUT2D eigenvalue weighted by Gasteiger charge is -2.09. The molecule has 11 heteroatoms. The number of para-hydroxylation sites is 1. The maximum Gasteiger partial charge on any atom is 0.242 e. The highest BCUT2D eigenvalue weighted by atomic mass is 16.2. The largest absolute Gasteiger partial charge is 0.282 e. The molecule has 1 amide bonds. The third-order valence-electron chi connectivity index (χ3n) is 5.01. The molecular formula is C20H18N10O. The van der Waals surface area contributed by atoms with E-state index in [4.69, 9.17) is 0 Å². The second kappa shape index (κ2) is 7.44. The smallest absolute Gasteiger partial charge is 0.242 e. The van der Waals surface area contributed by atoms with Crippen LogP contribution in [0, 0.1) is 13.8 Å². The van der Waals surface area contributed by atoms with Gasteiger partial charge in [-0.25, -0.2) is 9.67 Å². The van der Waals surface area contributed by atoms with Crippen LogP contribution in [0.25, 0.3) is 22.4 Å². The van der Waals surface area contributed by atoms with Gasteiger partial charge in [0.25, 0.3) is 0 Å². The zero-order chi connectivity index (χ0) is 21.4. The van der Waals surface area contributed by atoms with E-state index in [9.17, 15) is 4.79 Å². The van der Waals surface area contributed by atoms with Crippen molar-refractivity contribution >= 4 is 28.3 Å². The number of amides is 1. The maximum atomic E-state index is 12.6. The second-order valence-corrected chi connectivity index (χ2v) is 7.01. The van der Waals surface area contributed by atoms with Gasteiger partial charge in [0.1, 0.15) is 5.82 Å². The summed E-state index contributed by atoms with van der Waals surface area (Å²) in [6.45, 7) is 3.75. The number of pyridine rings is 1. The molecule has 0 radical (unpaired) electrons. The molecule has 4 heterocycles. The highest BCUT2D eigenvalue weighted by Gasteiger charge is 2.18. The van der Waals surface area contributed by atoms with Gasteiger partial charge in [-0.2, -0.15) is 9.61 Å². The Hall–Kier alpha value is -4.41. The van der Waals surface area contributed by atoms with Gasteiger partial charge in [-0.15, -0.1) is 5.10 Å². The molecule has 1 aromatic carbocycles. The van der Waals surface area contributed by atoms with Gasteiger partial charge in [0.2, 0.25) is 5.91 Å². The number of nitrogens with zero attached hydrogens (tertiary/aromatic N) is 8. The van der Waals surface area contributed by atoms with Crippen LogP contribution in [0.1, 0.15) is 17.0 Å². The van der Waals surface area contributed by atoms with E-state index in [1.54, 1.807) is 21.6 Å². The Balaban J connectivity index is 1.34. The molecule has 0 unspecified atom stereocenters. The van der Waals surface area contributed by atoms with Crippen molar-refractivity contribution in [3.05, 3.63) is 65.7 Å². The van der Waals surface area contributed by atoms with Crippen LogP contribution in [0.5, 0.6) is 0 Å². The molecule has 0 atom stereocenters. The summed E-state index contributed by atoms with van der Waals surface area (Å²) in [4.78, 5) is 21.2. The van der Waals surface area contributed by atoms with Crippen molar-refractivity contribution in [3.8, 4) is 5.82 Å². The molecule has 0 fully saturated rings. The third kappa shape index (κ3) is 3.41. The van der Waals surface area contributed by atoms with Crippen molar-refractivity contribution in [1.29, 1.82) is 0 Å². The van der Waals surface area contributed by atoms with Crippen LogP contribution in [-0.2, 0) is 11.2 Å². The SMILES string of the molecule is Cc1nn(-c2cncc3nnnn23)c(C)c1CC(=O)NNc1ccc2ccccc2n1. The minimum absolute atomic E-state index is 0.150. The lowest BCUT2D eigenvalue weighted by atomic mass is 10.1. The van der Waals surface area contributed by atoms with E-state index < -0.39 is 0 Å². The van der Waals surface area contributed by atoms with E-state index in [0.29, 0.717) is 17.3 Å². The monoisotopic (exact) mass is 414 g/mol. The lowest BCUT2D eigenvalue weighted by Crippen LogP contribution is -2.31. The first kappa shape index (κ1) is 18.6. The van der Waals surface area contributed by atoms with Crippen LogP contribution >= 0.6 is 0 Å². The lowest BCUT2D eigenvalue weighted by molar-refractivity contribution is -0.119. The first-order valence-corrected chi connectivity index (χ1v) is 9.58. The van der Waals surface area contributed by atoms with E-state index in [1.165, 1.54) is 0 Å². The second-order valence-electron chi connectivity index (χ2n) is 7.01. The summed E-state index contributed by atoms with van der Waals surface area (Å²) < 4.78 is 3.23. The fourth-order valence-electron chi connectivity index (χ4n) is 3.44. The highest BCUT2D eigenvalue weighted by molar-refractivity contribution is 5.82. The molecular weight excluding hydrogens is 396 g/mol. The summed E-state index contributed by atoms with van der Waals surface area (Å²) >= 11 is 0. The van der Waals surface area contributed by atoms with Crippen molar-refractivity contribution in [2.75, 3.05) is 5.43 Å². The summed E-state index contributed by atoms with van der Waals surface area (Å²) in [6.07, 6.45) is 3.34. The number of fused-ring (bicyclic) bond motifs is 2. The summed E-state index contributed by atoms with van der Waals surface area (Å²) in [7, 11) is 0. The number of hydrazine groups is 1. The molecule has 4 aromatic heterocycles. The topological polar surface area (TPSA) is 128 Å². The Labute approximate surface area is 176 Å². The third-order valence-corrected chi connectivity index (χ3v) is 5.01. The molecule has 5 rings (SSSR count). The zero-order valence-corrected chi connectivity index (χ0v) is 16.8. The fourth-order valence-corrected chi connectivity index (χ4v) is 3.44. The number of hydrogen-bond acceptors (Lipinski definition) is 8. The van der Waals surface area contributed by atoms with Gasteiger partial charge in [0.15, 0.2) is 11.5 Å². The predicted octanol–water partition coefficient (Wildman–Crippen LogP) is 1.56. The normalized spacial score (nSPS) is 11.2. The maximum absolute atomic E-state index is 12.6. The Kier molecular flexibility index (Phi) is 4.47. The number of nitrogens with one attached hydrogen (secondary N) is 2.